The average Bonchev–Trinajstić information content (AvgIpc) is 3.07. The second-order valence-electron chi connectivity index (χ2n) is 5.91. The highest BCUT2D eigenvalue weighted by Crippen LogP contribution is 2.45. The van der Waals surface area contributed by atoms with E-state index in [4.69, 9.17) is 0 Å². The molecule has 6 nitrogen and oxygen atoms in total. The number of para-hydroxylation sites is 2. The number of nitrogens with one attached hydrogen (secondary N) is 1. The lowest BCUT2D eigenvalue weighted by molar-refractivity contribution is -0.672. The van der Waals surface area contributed by atoms with Crippen LogP contribution in [0.15, 0.2) is 24.3 Å². The van der Waals surface area contributed by atoms with Crippen molar-refractivity contribution in [1.82, 2.24) is 5.10 Å². The minimum absolute atomic E-state index is 0.122. The van der Waals surface area contributed by atoms with Gasteiger partial charge in [-0.2, -0.15) is 0 Å². The van der Waals surface area contributed by atoms with Crippen LogP contribution in [-0.4, -0.2) is 11.1 Å². The average molecular weight is 272 g/mol. The fourth-order valence-corrected chi connectivity index (χ4v) is 3.77. The Labute approximate surface area is 116 Å². The summed E-state index contributed by atoms with van der Waals surface area (Å²) in [6.45, 7) is 0. The van der Waals surface area contributed by atoms with Crippen molar-refractivity contribution in [2.45, 2.75) is 31.7 Å². The van der Waals surface area contributed by atoms with Gasteiger partial charge >= 0.3 is 5.95 Å². The minimum atomic E-state index is 0.122. The van der Waals surface area contributed by atoms with Crippen molar-refractivity contribution in [3.8, 4) is 0 Å². The molecule has 1 heterocycles. The van der Waals surface area contributed by atoms with Crippen molar-refractivity contribution >= 4 is 17.0 Å². The van der Waals surface area contributed by atoms with Crippen molar-refractivity contribution in [3.05, 3.63) is 34.7 Å². The number of benzene rings is 1. The van der Waals surface area contributed by atoms with Crippen LogP contribution in [0.5, 0.6) is 0 Å². The lowest BCUT2D eigenvalue weighted by Gasteiger charge is -2.20. The van der Waals surface area contributed by atoms with Gasteiger partial charge in [0.05, 0.1) is 6.04 Å². The molecule has 6 heteroatoms. The van der Waals surface area contributed by atoms with Crippen molar-refractivity contribution in [2.24, 2.45) is 11.8 Å². The molecule has 0 unspecified atom stereocenters. The Morgan fingerprint density at radius 2 is 1.90 bits per heavy atom. The predicted octanol–water partition coefficient (Wildman–Crippen LogP) is 1.10. The summed E-state index contributed by atoms with van der Waals surface area (Å²) < 4.78 is 0.732. The summed E-state index contributed by atoms with van der Waals surface area (Å²) in [5.41, 5.74) is 0.643. The van der Waals surface area contributed by atoms with E-state index in [1.165, 1.54) is 19.3 Å². The van der Waals surface area contributed by atoms with Gasteiger partial charge in [0.15, 0.2) is 5.52 Å². The molecule has 4 rings (SSSR count). The Morgan fingerprint density at radius 1 is 1.10 bits per heavy atom. The molecule has 20 heavy (non-hydrogen) atoms. The number of fused-ring (bicyclic) bond motifs is 3. The zero-order valence-corrected chi connectivity index (χ0v) is 11.0. The van der Waals surface area contributed by atoms with Gasteiger partial charge in [0.1, 0.15) is 0 Å². The normalized spacial score (nSPS) is 28.1. The summed E-state index contributed by atoms with van der Waals surface area (Å²) >= 11 is 0. The van der Waals surface area contributed by atoms with Crippen molar-refractivity contribution in [3.63, 3.8) is 0 Å². The lowest BCUT2D eigenvalue weighted by Crippen LogP contribution is -2.46. The van der Waals surface area contributed by atoms with Gasteiger partial charge in [0.25, 0.3) is 5.52 Å². The molecule has 104 valence electrons. The first-order valence-electron chi connectivity index (χ1n) is 7.11. The van der Waals surface area contributed by atoms with Gasteiger partial charge in [-0.3, -0.25) is 5.32 Å². The maximum atomic E-state index is 12.3. The Morgan fingerprint density at radius 3 is 2.60 bits per heavy atom. The van der Waals surface area contributed by atoms with Crippen LogP contribution in [0.1, 0.15) is 25.7 Å². The first kappa shape index (κ1) is 11.7. The molecule has 2 aliphatic rings. The third-order valence-corrected chi connectivity index (χ3v) is 4.74. The summed E-state index contributed by atoms with van der Waals surface area (Å²) in [6, 6.07) is 7.00. The zero-order valence-electron chi connectivity index (χ0n) is 11.0. The Hall–Kier alpha value is -2.11. The molecule has 1 aromatic carbocycles. The molecular formula is C14H16N4O2. The van der Waals surface area contributed by atoms with E-state index in [0.717, 1.165) is 17.1 Å². The summed E-state index contributed by atoms with van der Waals surface area (Å²) in [5.74, 6) is 1.52. The number of aromatic nitrogens is 3. The molecule has 0 aliphatic heterocycles. The Kier molecular flexibility index (Phi) is 2.45. The summed E-state index contributed by atoms with van der Waals surface area (Å²) in [5, 5.41) is 31.3. The van der Waals surface area contributed by atoms with Crippen LogP contribution in [0.25, 0.3) is 11.0 Å². The summed E-state index contributed by atoms with van der Waals surface area (Å²) in [7, 11) is 0. The van der Waals surface area contributed by atoms with Gasteiger partial charge in [-0.15, -0.1) is 0 Å². The zero-order chi connectivity index (χ0) is 13.7. The van der Waals surface area contributed by atoms with E-state index in [1.54, 1.807) is 24.3 Å². The highest BCUT2D eigenvalue weighted by Gasteiger charge is 2.42. The van der Waals surface area contributed by atoms with Gasteiger partial charge in [-0.1, -0.05) is 12.1 Å². The molecule has 2 aromatic rings. The predicted molar refractivity (Wildman–Crippen MR) is 72.5 cm³/mol. The van der Waals surface area contributed by atoms with Crippen LogP contribution in [-0.2, 0) is 0 Å². The van der Waals surface area contributed by atoms with E-state index in [9.17, 15) is 10.4 Å². The molecule has 2 fully saturated rings. The second-order valence-corrected chi connectivity index (χ2v) is 5.91. The number of anilines is 1. The molecule has 1 aromatic heterocycles. The van der Waals surface area contributed by atoms with Crippen LogP contribution in [0, 0.1) is 22.3 Å². The molecular weight excluding hydrogens is 256 g/mol. The molecule has 3 atom stereocenters. The maximum absolute atomic E-state index is 12.3. The van der Waals surface area contributed by atoms with Gasteiger partial charge in [-0.05, 0) is 43.6 Å². The largest absolute Gasteiger partial charge is 0.739 e. The topological polar surface area (TPSA) is 78.8 Å². The Bertz CT molecular complexity index is 676. The first-order chi connectivity index (χ1) is 9.72. The van der Waals surface area contributed by atoms with Crippen LogP contribution in [0.4, 0.5) is 5.95 Å². The molecule has 0 radical (unpaired) electrons. The number of hydrogen-bond donors (Lipinski definition) is 1. The van der Waals surface area contributed by atoms with E-state index >= 15 is 0 Å². The van der Waals surface area contributed by atoms with Crippen LogP contribution in [0.2, 0.25) is 0 Å². The van der Waals surface area contributed by atoms with Crippen LogP contribution >= 0.6 is 0 Å². The highest BCUT2D eigenvalue weighted by molar-refractivity contribution is 5.67. The van der Waals surface area contributed by atoms with E-state index in [0.29, 0.717) is 21.8 Å². The van der Waals surface area contributed by atoms with E-state index in [1.807, 2.05) is 0 Å². The SMILES string of the molecule is [O-][n+]1nc(N[C@H]2C[C@@H]3CC[C@H]2C3)[n+]([O-])c2ccccc21. The molecule has 0 amide bonds. The summed E-state index contributed by atoms with van der Waals surface area (Å²) in [6.07, 6.45) is 4.83. The van der Waals surface area contributed by atoms with Crippen LogP contribution < -0.4 is 14.9 Å². The van der Waals surface area contributed by atoms with Crippen molar-refractivity contribution in [1.29, 1.82) is 0 Å². The third kappa shape index (κ3) is 1.67. The molecule has 0 spiro atoms. The smallest absolute Gasteiger partial charge is 0.461 e. The number of rotatable bonds is 2. The molecule has 0 saturated heterocycles. The second kappa shape index (κ2) is 4.19. The Balaban J connectivity index is 1.71. The summed E-state index contributed by atoms with van der Waals surface area (Å²) in [4.78, 5) is 0.527. The third-order valence-electron chi connectivity index (χ3n) is 4.74. The fourth-order valence-electron chi connectivity index (χ4n) is 3.77. The first-order valence-corrected chi connectivity index (χ1v) is 7.11. The molecule has 2 bridgehead atoms. The lowest BCUT2D eigenvalue weighted by atomic mass is 9.95. The van der Waals surface area contributed by atoms with E-state index in [2.05, 4.69) is 10.4 Å². The maximum Gasteiger partial charge on any atom is 0.461 e. The highest BCUT2D eigenvalue weighted by atomic mass is 16.5. The molecule has 2 saturated carbocycles. The quantitative estimate of drug-likeness (QED) is 0.656. The molecule has 1 N–H and O–H groups in total. The van der Waals surface area contributed by atoms with Crippen molar-refractivity contribution in [2.75, 3.05) is 5.32 Å². The molecule has 2 aliphatic carbocycles. The van der Waals surface area contributed by atoms with E-state index < -0.39 is 0 Å². The monoisotopic (exact) mass is 272 g/mol. The number of nitrogens with zero attached hydrogens (tertiary/aromatic N) is 3. The van der Waals surface area contributed by atoms with Gasteiger partial charge in [0.2, 0.25) is 5.10 Å². The van der Waals surface area contributed by atoms with Crippen LogP contribution in [0.3, 0.4) is 0 Å². The minimum Gasteiger partial charge on any atom is -0.739 e. The van der Waals surface area contributed by atoms with E-state index in [-0.39, 0.29) is 12.0 Å². The number of hydrogen-bond acceptors (Lipinski definition) is 4. The fraction of sp³-hybridized carbons (Fsp3) is 0.500. The standard InChI is InChI=1S/C14H16N4O2/c19-17-12-3-1-2-4-13(12)18(20)16-14(17)15-11-8-9-5-6-10(11)7-9/h1-4,9-11H,5-8H2,(H,15,16)/t9-,10+,11+/m1/s1. The van der Waals surface area contributed by atoms with Gasteiger partial charge in [-0.25, -0.2) is 4.73 Å². The van der Waals surface area contributed by atoms with Gasteiger partial charge < -0.3 is 10.4 Å². The van der Waals surface area contributed by atoms with Crippen molar-refractivity contribution < 1.29 is 9.58 Å². The van der Waals surface area contributed by atoms with Gasteiger partial charge in [0, 0.05) is 10.9 Å².